The van der Waals surface area contributed by atoms with Crippen molar-refractivity contribution in [3.05, 3.63) is 11.9 Å². The van der Waals surface area contributed by atoms with E-state index in [4.69, 9.17) is 19.9 Å². The van der Waals surface area contributed by atoms with E-state index in [1.165, 1.54) is 6.33 Å². The molecule has 0 saturated carbocycles. The van der Waals surface area contributed by atoms with Gasteiger partial charge in [-0.25, -0.2) is 9.97 Å². The summed E-state index contributed by atoms with van der Waals surface area (Å²) >= 11 is 0. The molecule has 0 aliphatic heterocycles. The summed E-state index contributed by atoms with van der Waals surface area (Å²) in [6.07, 6.45) is 2.19. The van der Waals surface area contributed by atoms with Crippen LogP contribution < -0.4 is 10.5 Å². The molecular formula is C11H19N3O3. The highest BCUT2D eigenvalue weighted by atomic mass is 16.5. The second kappa shape index (κ2) is 7.81. The summed E-state index contributed by atoms with van der Waals surface area (Å²) in [6, 6.07) is 0. The van der Waals surface area contributed by atoms with Crippen molar-refractivity contribution >= 4 is 5.82 Å². The molecule has 1 aromatic rings. The first-order valence-electron chi connectivity index (χ1n) is 5.52. The molecule has 0 saturated heterocycles. The van der Waals surface area contributed by atoms with E-state index in [0.29, 0.717) is 38.1 Å². The van der Waals surface area contributed by atoms with E-state index in [0.717, 1.165) is 12.0 Å². The van der Waals surface area contributed by atoms with Gasteiger partial charge in [-0.05, 0) is 6.92 Å². The molecule has 0 atom stereocenters. The first-order valence-corrected chi connectivity index (χ1v) is 5.52. The zero-order chi connectivity index (χ0) is 12.5. The number of ether oxygens (including phenoxy) is 3. The van der Waals surface area contributed by atoms with Crippen molar-refractivity contribution < 1.29 is 14.2 Å². The van der Waals surface area contributed by atoms with Crippen molar-refractivity contribution in [3.8, 4) is 5.88 Å². The van der Waals surface area contributed by atoms with Gasteiger partial charge in [0.1, 0.15) is 12.1 Å². The number of methoxy groups -OCH3 is 1. The van der Waals surface area contributed by atoms with Crippen LogP contribution in [0.3, 0.4) is 0 Å². The van der Waals surface area contributed by atoms with Crippen LogP contribution in [0.15, 0.2) is 6.33 Å². The van der Waals surface area contributed by atoms with E-state index >= 15 is 0 Å². The molecule has 0 aliphatic carbocycles. The Hall–Kier alpha value is -1.40. The van der Waals surface area contributed by atoms with Crippen LogP contribution in [0.4, 0.5) is 5.82 Å². The van der Waals surface area contributed by atoms with Crippen molar-refractivity contribution in [3.63, 3.8) is 0 Å². The third-order valence-corrected chi connectivity index (χ3v) is 2.18. The quantitative estimate of drug-likeness (QED) is 0.678. The van der Waals surface area contributed by atoms with Gasteiger partial charge >= 0.3 is 0 Å². The maximum Gasteiger partial charge on any atom is 0.221 e. The van der Waals surface area contributed by atoms with Crippen molar-refractivity contribution in [2.24, 2.45) is 0 Å². The van der Waals surface area contributed by atoms with Crippen LogP contribution in [0.25, 0.3) is 0 Å². The second-order valence-corrected chi connectivity index (χ2v) is 3.50. The summed E-state index contributed by atoms with van der Waals surface area (Å²) in [6.45, 7) is 4.24. The SMILES string of the molecule is COCCOCCCOc1ncnc(N)c1C. The predicted molar refractivity (Wildman–Crippen MR) is 64.0 cm³/mol. The van der Waals surface area contributed by atoms with Gasteiger partial charge in [0.2, 0.25) is 5.88 Å². The zero-order valence-corrected chi connectivity index (χ0v) is 10.3. The van der Waals surface area contributed by atoms with Gasteiger partial charge in [0.25, 0.3) is 0 Å². The van der Waals surface area contributed by atoms with Gasteiger partial charge in [0, 0.05) is 20.1 Å². The molecule has 0 unspecified atom stereocenters. The molecule has 6 nitrogen and oxygen atoms in total. The molecule has 96 valence electrons. The van der Waals surface area contributed by atoms with E-state index in [1.807, 2.05) is 6.92 Å². The highest BCUT2D eigenvalue weighted by Gasteiger charge is 2.04. The lowest BCUT2D eigenvalue weighted by Crippen LogP contribution is -2.08. The van der Waals surface area contributed by atoms with E-state index < -0.39 is 0 Å². The normalized spacial score (nSPS) is 10.5. The summed E-state index contributed by atoms with van der Waals surface area (Å²) < 4.78 is 15.6. The molecule has 0 aromatic carbocycles. The molecule has 0 fully saturated rings. The number of rotatable bonds is 8. The lowest BCUT2D eigenvalue weighted by molar-refractivity contribution is 0.0641. The Balaban J connectivity index is 2.16. The Morgan fingerprint density at radius 1 is 1.18 bits per heavy atom. The second-order valence-electron chi connectivity index (χ2n) is 3.50. The first kappa shape index (κ1) is 13.7. The zero-order valence-electron chi connectivity index (χ0n) is 10.3. The van der Waals surface area contributed by atoms with Crippen LogP contribution in [0.2, 0.25) is 0 Å². The van der Waals surface area contributed by atoms with E-state index in [9.17, 15) is 0 Å². The fourth-order valence-corrected chi connectivity index (χ4v) is 1.17. The van der Waals surface area contributed by atoms with Crippen LogP contribution in [0.5, 0.6) is 5.88 Å². The van der Waals surface area contributed by atoms with Crippen molar-refractivity contribution in [2.75, 3.05) is 39.3 Å². The number of nitrogens with two attached hydrogens (primary N) is 1. The molecule has 0 aliphatic rings. The number of hydrogen-bond acceptors (Lipinski definition) is 6. The monoisotopic (exact) mass is 241 g/mol. The van der Waals surface area contributed by atoms with E-state index in [-0.39, 0.29) is 0 Å². The molecule has 1 rings (SSSR count). The molecule has 0 spiro atoms. The van der Waals surface area contributed by atoms with Gasteiger partial charge in [-0.2, -0.15) is 0 Å². The summed E-state index contributed by atoms with van der Waals surface area (Å²) in [5.74, 6) is 0.987. The van der Waals surface area contributed by atoms with E-state index in [2.05, 4.69) is 9.97 Å². The molecule has 1 heterocycles. The predicted octanol–water partition coefficient (Wildman–Crippen LogP) is 0.799. The van der Waals surface area contributed by atoms with Gasteiger partial charge < -0.3 is 19.9 Å². The lowest BCUT2D eigenvalue weighted by atomic mass is 10.3. The van der Waals surface area contributed by atoms with Gasteiger partial charge in [0.05, 0.1) is 25.4 Å². The van der Waals surface area contributed by atoms with Gasteiger partial charge in [-0.1, -0.05) is 0 Å². The van der Waals surface area contributed by atoms with Crippen LogP contribution in [-0.2, 0) is 9.47 Å². The molecule has 6 heteroatoms. The summed E-state index contributed by atoms with van der Waals surface area (Å²) in [7, 11) is 1.65. The average Bonchev–Trinajstić information content (AvgIpc) is 2.33. The van der Waals surface area contributed by atoms with Gasteiger partial charge in [-0.15, -0.1) is 0 Å². The number of aromatic nitrogens is 2. The molecular weight excluding hydrogens is 222 g/mol. The Morgan fingerprint density at radius 2 is 2.00 bits per heavy atom. The maximum absolute atomic E-state index is 5.64. The fraction of sp³-hybridized carbons (Fsp3) is 0.636. The third-order valence-electron chi connectivity index (χ3n) is 2.18. The first-order chi connectivity index (χ1) is 8.25. The minimum atomic E-state index is 0.450. The summed E-state index contributed by atoms with van der Waals surface area (Å²) in [4.78, 5) is 7.88. The Morgan fingerprint density at radius 3 is 2.76 bits per heavy atom. The minimum Gasteiger partial charge on any atom is -0.477 e. The third kappa shape index (κ3) is 4.97. The standard InChI is InChI=1S/C11H19N3O3/c1-9-10(12)13-8-14-11(9)17-5-3-4-16-7-6-15-2/h8H,3-7H2,1-2H3,(H2,12,13,14). The molecule has 0 amide bonds. The number of anilines is 1. The number of hydrogen-bond donors (Lipinski definition) is 1. The smallest absolute Gasteiger partial charge is 0.221 e. The fourth-order valence-electron chi connectivity index (χ4n) is 1.17. The summed E-state index contributed by atoms with van der Waals surface area (Å²) in [5, 5.41) is 0. The van der Waals surface area contributed by atoms with Crippen molar-refractivity contribution in [1.29, 1.82) is 0 Å². The van der Waals surface area contributed by atoms with Crippen LogP contribution in [0, 0.1) is 6.92 Å². The van der Waals surface area contributed by atoms with Crippen LogP contribution in [0.1, 0.15) is 12.0 Å². The van der Waals surface area contributed by atoms with Crippen LogP contribution in [-0.4, -0.2) is 43.5 Å². The lowest BCUT2D eigenvalue weighted by Gasteiger charge is -2.08. The highest BCUT2D eigenvalue weighted by Crippen LogP contribution is 2.17. The molecule has 17 heavy (non-hydrogen) atoms. The molecule has 1 aromatic heterocycles. The largest absolute Gasteiger partial charge is 0.477 e. The van der Waals surface area contributed by atoms with Crippen LogP contribution >= 0.6 is 0 Å². The van der Waals surface area contributed by atoms with Crippen molar-refractivity contribution in [2.45, 2.75) is 13.3 Å². The summed E-state index contributed by atoms with van der Waals surface area (Å²) in [5.41, 5.74) is 6.41. The molecule has 2 N–H and O–H groups in total. The van der Waals surface area contributed by atoms with Gasteiger partial charge in [0.15, 0.2) is 0 Å². The molecule has 0 radical (unpaired) electrons. The minimum absolute atomic E-state index is 0.450. The Kier molecular flexibility index (Phi) is 6.27. The maximum atomic E-state index is 5.64. The highest BCUT2D eigenvalue weighted by molar-refractivity contribution is 5.42. The number of nitrogen functional groups attached to an aromatic ring is 1. The Labute approximate surface area is 101 Å². The topological polar surface area (TPSA) is 79.5 Å². The molecule has 0 bridgehead atoms. The van der Waals surface area contributed by atoms with E-state index in [1.54, 1.807) is 7.11 Å². The number of nitrogens with zero attached hydrogens (tertiary/aromatic N) is 2. The van der Waals surface area contributed by atoms with Gasteiger partial charge in [-0.3, -0.25) is 0 Å². The average molecular weight is 241 g/mol. The Bertz CT molecular complexity index is 334. The van der Waals surface area contributed by atoms with Crippen molar-refractivity contribution in [1.82, 2.24) is 9.97 Å².